The minimum absolute atomic E-state index is 0.361. The predicted octanol–water partition coefficient (Wildman–Crippen LogP) is 1.02. The summed E-state index contributed by atoms with van der Waals surface area (Å²) in [5, 5.41) is 4.39. The molecule has 82 valence electrons. The molecule has 0 aromatic carbocycles. The number of nitrogens with two attached hydrogens (primary N) is 1. The molecule has 0 saturated carbocycles. The van der Waals surface area contributed by atoms with Gasteiger partial charge in [-0.1, -0.05) is 0 Å². The lowest BCUT2D eigenvalue weighted by molar-refractivity contribution is 0.100. The molecule has 4 nitrogen and oxygen atoms in total. The summed E-state index contributed by atoms with van der Waals surface area (Å²) in [4.78, 5) is 16.1. The van der Waals surface area contributed by atoms with Gasteiger partial charge in [-0.25, -0.2) is 4.98 Å². The van der Waals surface area contributed by atoms with Crippen LogP contribution in [0, 0.1) is 6.92 Å². The van der Waals surface area contributed by atoms with Crippen molar-refractivity contribution in [1.29, 1.82) is 0 Å². The highest BCUT2D eigenvalue weighted by atomic mass is 32.1. The van der Waals surface area contributed by atoms with E-state index in [0.717, 1.165) is 30.2 Å². The van der Waals surface area contributed by atoms with Gasteiger partial charge in [0.1, 0.15) is 4.88 Å². The second kappa shape index (κ2) is 4.28. The van der Waals surface area contributed by atoms with Gasteiger partial charge in [-0.05, 0) is 26.3 Å². The zero-order chi connectivity index (χ0) is 10.8. The summed E-state index contributed by atoms with van der Waals surface area (Å²) in [6.07, 6.45) is 2.33. The Morgan fingerprint density at radius 1 is 1.67 bits per heavy atom. The topological polar surface area (TPSA) is 68.0 Å². The molecular weight excluding hydrogens is 210 g/mol. The fraction of sp³-hybridized carbons (Fsp3) is 0.600. The van der Waals surface area contributed by atoms with E-state index in [2.05, 4.69) is 10.3 Å². The third-order valence-electron chi connectivity index (χ3n) is 2.68. The average molecular weight is 225 g/mol. The summed E-state index contributed by atoms with van der Waals surface area (Å²) in [5.74, 6) is 0.0931. The Labute approximate surface area is 92.9 Å². The van der Waals surface area contributed by atoms with E-state index in [1.165, 1.54) is 17.8 Å². The van der Waals surface area contributed by atoms with E-state index in [-0.39, 0.29) is 5.91 Å². The predicted molar refractivity (Wildman–Crippen MR) is 60.2 cm³/mol. The van der Waals surface area contributed by atoms with E-state index in [1.807, 2.05) is 6.92 Å². The minimum Gasteiger partial charge on any atom is -0.365 e. The van der Waals surface area contributed by atoms with Crippen molar-refractivity contribution < 1.29 is 4.79 Å². The number of hydrogen-bond donors (Lipinski definition) is 2. The maximum absolute atomic E-state index is 11.1. The standard InChI is InChI=1S/C10H15N3OS/c1-6-8(9(11)14)15-10(13-6)7-3-2-4-12-5-7/h7,12H,2-5H2,1H3,(H2,11,14). The number of nitrogens with zero attached hydrogens (tertiary/aromatic N) is 1. The zero-order valence-electron chi connectivity index (χ0n) is 8.75. The van der Waals surface area contributed by atoms with E-state index < -0.39 is 0 Å². The van der Waals surface area contributed by atoms with Crippen molar-refractivity contribution in [2.75, 3.05) is 13.1 Å². The van der Waals surface area contributed by atoms with Crippen molar-refractivity contribution in [3.63, 3.8) is 0 Å². The number of primary amides is 1. The Morgan fingerprint density at radius 2 is 2.47 bits per heavy atom. The summed E-state index contributed by atoms with van der Waals surface area (Å²) in [5.41, 5.74) is 6.04. The van der Waals surface area contributed by atoms with Crippen LogP contribution in [-0.4, -0.2) is 24.0 Å². The van der Waals surface area contributed by atoms with Gasteiger partial charge in [0, 0.05) is 12.5 Å². The van der Waals surface area contributed by atoms with Crippen LogP contribution >= 0.6 is 11.3 Å². The molecule has 1 aromatic rings. The summed E-state index contributed by atoms with van der Waals surface area (Å²) in [6, 6.07) is 0. The summed E-state index contributed by atoms with van der Waals surface area (Å²) in [7, 11) is 0. The van der Waals surface area contributed by atoms with Crippen molar-refractivity contribution in [2.45, 2.75) is 25.7 Å². The molecule has 1 saturated heterocycles. The lowest BCUT2D eigenvalue weighted by atomic mass is 10.0. The number of aryl methyl sites for hydroxylation is 1. The first-order chi connectivity index (χ1) is 7.18. The highest BCUT2D eigenvalue weighted by Crippen LogP contribution is 2.28. The van der Waals surface area contributed by atoms with Crippen LogP contribution in [0.4, 0.5) is 0 Å². The number of carbonyl (C=O) groups excluding carboxylic acids is 1. The highest BCUT2D eigenvalue weighted by molar-refractivity contribution is 7.13. The third kappa shape index (κ3) is 2.18. The van der Waals surface area contributed by atoms with Gasteiger partial charge in [0.25, 0.3) is 5.91 Å². The molecule has 1 amide bonds. The van der Waals surface area contributed by atoms with Gasteiger partial charge in [0.15, 0.2) is 0 Å². The monoisotopic (exact) mass is 225 g/mol. The van der Waals surface area contributed by atoms with Gasteiger partial charge >= 0.3 is 0 Å². The molecule has 0 aliphatic carbocycles. The summed E-state index contributed by atoms with van der Waals surface area (Å²) >= 11 is 1.45. The van der Waals surface area contributed by atoms with Gasteiger partial charge in [0.2, 0.25) is 0 Å². The molecule has 1 aliphatic rings. The molecule has 5 heteroatoms. The summed E-state index contributed by atoms with van der Waals surface area (Å²) < 4.78 is 0. The van der Waals surface area contributed by atoms with Crippen LogP contribution in [-0.2, 0) is 0 Å². The van der Waals surface area contributed by atoms with Crippen LogP contribution in [0.25, 0.3) is 0 Å². The third-order valence-corrected chi connectivity index (χ3v) is 4.02. The van der Waals surface area contributed by atoms with Gasteiger partial charge < -0.3 is 11.1 Å². The number of nitrogens with one attached hydrogen (secondary N) is 1. The molecular formula is C10H15N3OS. The second-order valence-electron chi connectivity index (χ2n) is 3.87. The van der Waals surface area contributed by atoms with E-state index in [4.69, 9.17) is 5.73 Å². The normalized spacial score (nSPS) is 21.5. The molecule has 1 fully saturated rings. The van der Waals surface area contributed by atoms with Crippen molar-refractivity contribution in [2.24, 2.45) is 5.73 Å². The van der Waals surface area contributed by atoms with E-state index in [9.17, 15) is 4.79 Å². The maximum atomic E-state index is 11.1. The van der Waals surface area contributed by atoms with Crippen LogP contribution in [0.5, 0.6) is 0 Å². The van der Waals surface area contributed by atoms with Crippen molar-refractivity contribution in [1.82, 2.24) is 10.3 Å². The molecule has 0 bridgehead atoms. The number of carbonyl (C=O) groups is 1. The van der Waals surface area contributed by atoms with Crippen LogP contribution in [0.3, 0.4) is 0 Å². The molecule has 0 spiro atoms. The highest BCUT2D eigenvalue weighted by Gasteiger charge is 2.21. The average Bonchev–Trinajstić information content (AvgIpc) is 2.62. The number of piperidine rings is 1. The lowest BCUT2D eigenvalue weighted by Crippen LogP contribution is -2.28. The smallest absolute Gasteiger partial charge is 0.260 e. The number of aromatic nitrogens is 1. The number of rotatable bonds is 2. The molecule has 3 N–H and O–H groups in total. The lowest BCUT2D eigenvalue weighted by Gasteiger charge is -2.20. The van der Waals surface area contributed by atoms with Gasteiger partial charge in [-0.3, -0.25) is 4.79 Å². The zero-order valence-corrected chi connectivity index (χ0v) is 9.56. The first-order valence-electron chi connectivity index (χ1n) is 5.16. The van der Waals surface area contributed by atoms with E-state index >= 15 is 0 Å². The largest absolute Gasteiger partial charge is 0.365 e. The van der Waals surface area contributed by atoms with E-state index in [0.29, 0.717) is 10.8 Å². The Balaban J connectivity index is 2.21. The molecule has 1 aliphatic heterocycles. The molecule has 2 rings (SSSR count). The van der Waals surface area contributed by atoms with Crippen LogP contribution in [0.1, 0.15) is 39.1 Å². The fourth-order valence-electron chi connectivity index (χ4n) is 1.88. The molecule has 1 atom stereocenters. The Hall–Kier alpha value is -0.940. The Bertz CT molecular complexity index is 369. The molecule has 2 heterocycles. The molecule has 1 aromatic heterocycles. The Morgan fingerprint density at radius 3 is 3.00 bits per heavy atom. The van der Waals surface area contributed by atoms with Crippen molar-refractivity contribution in [3.8, 4) is 0 Å². The maximum Gasteiger partial charge on any atom is 0.260 e. The quantitative estimate of drug-likeness (QED) is 0.789. The van der Waals surface area contributed by atoms with Crippen LogP contribution < -0.4 is 11.1 Å². The number of thiazole rings is 1. The molecule has 1 unspecified atom stereocenters. The van der Waals surface area contributed by atoms with Gasteiger partial charge in [-0.2, -0.15) is 0 Å². The van der Waals surface area contributed by atoms with Gasteiger partial charge in [-0.15, -0.1) is 11.3 Å². The van der Waals surface area contributed by atoms with Crippen LogP contribution in [0.15, 0.2) is 0 Å². The summed E-state index contributed by atoms with van der Waals surface area (Å²) in [6.45, 7) is 3.89. The van der Waals surface area contributed by atoms with Gasteiger partial charge in [0.05, 0.1) is 10.7 Å². The first-order valence-corrected chi connectivity index (χ1v) is 5.98. The van der Waals surface area contributed by atoms with E-state index in [1.54, 1.807) is 0 Å². The van der Waals surface area contributed by atoms with Crippen molar-refractivity contribution in [3.05, 3.63) is 15.6 Å². The number of amides is 1. The number of hydrogen-bond acceptors (Lipinski definition) is 4. The van der Waals surface area contributed by atoms with Crippen molar-refractivity contribution >= 4 is 17.2 Å². The van der Waals surface area contributed by atoms with Crippen LogP contribution in [0.2, 0.25) is 0 Å². The molecule has 15 heavy (non-hydrogen) atoms. The molecule has 0 radical (unpaired) electrons. The Kier molecular flexibility index (Phi) is 3.02. The minimum atomic E-state index is -0.361. The fourth-order valence-corrected chi connectivity index (χ4v) is 2.94. The second-order valence-corrected chi connectivity index (χ2v) is 4.90. The SMILES string of the molecule is Cc1nc(C2CCCNC2)sc1C(N)=O. The first kappa shape index (κ1) is 10.6.